The average molecular weight is 268 g/mol. The SMILES string of the molecule is CC1(C(=O)N2CCCC2C2CCCN2)CCCS1. The number of hydrogen-bond acceptors (Lipinski definition) is 3. The van der Waals surface area contributed by atoms with E-state index in [9.17, 15) is 4.79 Å². The zero-order valence-corrected chi connectivity index (χ0v) is 12.1. The van der Waals surface area contributed by atoms with Crippen LogP contribution >= 0.6 is 11.8 Å². The second-order valence-electron chi connectivity index (χ2n) is 6.09. The highest BCUT2D eigenvalue weighted by Crippen LogP contribution is 2.41. The van der Waals surface area contributed by atoms with E-state index in [1.807, 2.05) is 11.8 Å². The normalized spacial score (nSPS) is 40.6. The Morgan fingerprint density at radius 3 is 2.89 bits per heavy atom. The molecule has 0 spiro atoms. The highest BCUT2D eigenvalue weighted by Gasteiger charge is 2.45. The van der Waals surface area contributed by atoms with E-state index >= 15 is 0 Å². The predicted molar refractivity (Wildman–Crippen MR) is 75.9 cm³/mol. The molecule has 1 N–H and O–H groups in total. The minimum Gasteiger partial charge on any atom is -0.337 e. The van der Waals surface area contributed by atoms with E-state index in [1.165, 1.54) is 32.1 Å². The van der Waals surface area contributed by atoms with E-state index in [-0.39, 0.29) is 4.75 Å². The van der Waals surface area contributed by atoms with Crippen molar-refractivity contribution in [2.24, 2.45) is 0 Å². The summed E-state index contributed by atoms with van der Waals surface area (Å²) >= 11 is 1.87. The quantitative estimate of drug-likeness (QED) is 0.831. The summed E-state index contributed by atoms with van der Waals surface area (Å²) in [7, 11) is 0. The van der Waals surface area contributed by atoms with Gasteiger partial charge >= 0.3 is 0 Å². The first kappa shape index (κ1) is 12.8. The number of rotatable bonds is 2. The van der Waals surface area contributed by atoms with E-state index in [2.05, 4.69) is 17.1 Å². The topological polar surface area (TPSA) is 32.3 Å². The lowest BCUT2D eigenvalue weighted by molar-refractivity contribution is -0.134. The number of likely N-dealkylation sites (tertiary alicyclic amines) is 1. The molecular formula is C14H24N2OS. The van der Waals surface area contributed by atoms with Crippen LogP contribution in [0.4, 0.5) is 0 Å². The molecule has 0 aromatic carbocycles. The van der Waals surface area contributed by atoms with E-state index in [0.29, 0.717) is 18.0 Å². The first-order chi connectivity index (χ1) is 8.71. The molecule has 3 atom stereocenters. The fourth-order valence-electron chi connectivity index (χ4n) is 3.75. The van der Waals surface area contributed by atoms with Crippen LogP contribution in [0.5, 0.6) is 0 Å². The van der Waals surface area contributed by atoms with Gasteiger partial charge in [-0.3, -0.25) is 4.79 Å². The Bertz CT molecular complexity index is 322. The lowest BCUT2D eigenvalue weighted by Crippen LogP contribution is -2.51. The molecule has 0 aromatic heterocycles. The molecule has 3 heterocycles. The lowest BCUT2D eigenvalue weighted by Gasteiger charge is -2.35. The standard InChI is InChI=1S/C14H24N2OS/c1-14(7-4-10-18-14)13(17)16-9-3-6-12(16)11-5-2-8-15-11/h11-12,15H,2-10H2,1H3. The minimum atomic E-state index is -0.124. The van der Waals surface area contributed by atoms with Gasteiger partial charge in [-0.05, 0) is 57.7 Å². The number of thioether (sulfide) groups is 1. The molecule has 0 radical (unpaired) electrons. The van der Waals surface area contributed by atoms with Gasteiger partial charge < -0.3 is 10.2 Å². The van der Waals surface area contributed by atoms with Gasteiger partial charge in [0, 0.05) is 18.6 Å². The van der Waals surface area contributed by atoms with Crippen LogP contribution in [0.1, 0.15) is 45.4 Å². The highest BCUT2D eigenvalue weighted by atomic mass is 32.2. The van der Waals surface area contributed by atoms with E-state index in [1.54, 1.807) is 0 Å². The molecule has 3 saturated heterocycles. The van der Waals surface area contributed by atoms with Crippen molar-refractivity contribution in [1.29, 1.82) is 0 Å². The fraction of sp³-hybridized carbons (Fsp3) is 0.929. The third kappa shape index (κ3) is 2.18. The van der Waals surface area contributed by atoms with Crippen molar-refractivity contribution in [1.82, 2.24) is 10.2 Å². The Hall–Kier alpha value is -0.220. The van der Waals surface area contributed by atoms with Gasteiger partial charge in [0.25, 0.3) is 0 Å². The Morgan fingerprint density at radius 1 is 1.33 bits per heavy atom. The maximum Gasteiger partial charge on any atom is 0.238 e. The Morgan fingerprint density at radius 2 is 2.22 bits per heavy atom. The summed E-state index contributed by atoms with van der Waals surface area (Å²) in [6.45, 7) is 4.28. The second kappa shape index (κ2) is 5.04. The van der Waals surface area contributed by atoms with Crippen molar-refractivity contribution in [3.63, 3.8) is 0 Å². The smallest absolute Gasteiger partial charge is 0.238 e. The van der Waals surface area contributed by atoms with Crippen LogP contribution in [-0.2, 0) is 4.79 Å². The van der Waals surface area contributed by atoms with E-state index in [0.717, 1.165) is 25.3 Å². The van der Waals surface area contributed by atoms with Gasteiger partial charge in [-0.15, -0.1) is 11.8 Å². The number of nitrogens with zero attached hydrogens (tertiary/aromatic N) is 1. The molecule has 4 heteroatoms. The molecule has 3 rings (SSSR count). The summed E-state index contributed by atoms with van der Waals surface area (Å²) in [5, 5.41) is 3.59. The molecule has 3 fully saturated rings. The van der Waals surface area contributed by atoms with Crippen molar-refractivity contribution in [2.45, 2.75) is 62.3 Å². The fourth-order valence-corrected chi connectivity index (χ4v) is 5.02. The summed E-state index contributed by atoms with van der Waals surface area (Å²) in [6.07, 6.45) is 7.18. The molecule has 3 aliphatic heterocycles. The largest absolute Gasteiger partial charge is 0.337 e. The van der Waals surface area contributed by atoms with Crippen molar-refractivity contribution >= 4 is 17.7 Å². The first-order valence-corrected chi connectivity index (χ1v) is 8.38. The van der Waals surface area contributed by atoms with Crippen molar-refractivity contribution in [3.05, 3.63) is 0 Å². The Balaban J connectivity index is 1.71. The van der Waals surface area contributed by atoms with Crippen LogP contribution in [0.3, 0.4) is 0 Å². The molecule has 3 aliphatic rings. The van der Waals surface area contributed by atoms with E-state index < -0.39 is 0 Å². The van der Waals surface area contributed by atoms with Crippen LogP contribution < -0.4 is 5.32 Å². The Labute approximate surface area is 114 Å². The third-order valence-corrected chi connectivity index (χ3v) is 6.30. The summed E-state index contributed by atoms with van der Waals surface area (Å²) < 4.78 is -0.124. The van der Waals surface area contributed by atoms with Crippen LogP contribution in [0, 0.1) is 0 Å². The molecule has 3 unspecified atom stereocenters. The molecule has 0 saturated carbocycles. The summed E-state index contributed by atoms with van der Waals surface area (Å²) in [4.78, 5) is 15.0. The van der Waals surface area contributed by atoms with Crippen LogP contribution in [0.25, 0.3) is 0 Å². The summed E-state index contributed by atoms with van der Waals surface area (Å²) in [6, 6.07) is 1.03. The minimum absolute atomic E-state index is 0.124. The third-order valence-electron chi connectivity index (χ3n) is 4.79. The molecular weight excluding hydrogens is 244 g/mol. The van der Waals surface area contributed by atoms with Gasteiger partial charge in [0.2, 0.25) is 5.91 Å². The number of nitrogens with one attached hydrogen (secondary N) is 1. The number of hydrogen-bond donors (Lipinski definition) is 1. The average Bonchev–Trinajstić information content (AvgIpc) is 3.09. The molecule has 3 nitrogen and oxygen atoms in total. The molecule has 0 aromatic rings. The predicted octanol–water partition coefficient (Wildman–Crippen LogP) is 2.02. The molecule has 102 valence electrons. The van der Waals surface area contributed by atoms with Crippen LogP contribution in [0.15, 0.2) is 0 Å². The van der Waals surface area contributed by atoms with Gasteiger partial charge in [-0.2, -0.15) is 0 Å². The van der Waals surface area contributed by atoms with Crippen LogP contribution in [0.2, 0.25) is 0 Å². The van der Waals surface area contributed by atoms with Gasteiger partial charge in [0.1, 0.15) is 0 Å². The summed E-state index contributed by atoms with van der Waals surface area (Å²) in [5.41, 5.74) is 0. The zero-order chi connectivity index (χ0) is 12.6. The van der Waals surface area contributed by atoms with Crippen molar-refractivity contribution in [3.8, 4) is 0 Å². The highest BCUT2D eigenvalue weighted by molar-refractivity contribution is 8.01. The van der Waals surface area contributed by atoms with Crippen LogP contribution in [-0.4, -0.2) is 46.5 Å². The summed E-state index contributed by atoms with van der Waals surface area (Å²) in [5.74, 6) is 1.57. The number of carbonyl (C=O) groups excluding carboxylic acids is 1. The van der Waals surface area contributed by atoms with Gasteiger partial charge in [-0.25, -0.2) is 0 Å². The maximum absolute atomic E-state index is 12.8. The zero-order valence-electron chi connectivity index (χ0n) is 11.3. The molecule has 1 amide bonds. The second-order valence-corrected chi connectivity index (χ2v) is 7.69. The van der Waals surface area contributed by atoms with Crippen molar-refractivity contribution < 1.29 is 4.79 Å². The molecule has 0 bridgehead atoms. The van der Waals surface area contributed by atoms with Gasteiger partial charge in [0.05, 0.1) is 4.75 Å². The van der Waals surface area contributed by atoms with Crippen molar-refractivity contribution in [2.75, 3.05) is 18.8 Å². The monoisotopic (exact) mass is 268 g/mol. The Kier molecular flexibility index (Phi) is 3.59. The molecule has 0 aliphatic carbocycles. The van der Waals surface area contributed by atoms with E-state index in [4.69, 9.17) is 0 Å². The molecule has 18 heavy (non-hydrogen) atoms. The first-order valence-electron chi connectivity index (χ1n) is 7.39. The number of carbonyl (C=O) groups is 1. The van der Waals surface area contributed by atoms with Gasteiger partial charge in [-0.1, -0.05) is 0 Å². The maximum atomic E-state index is 12.8. The lowest BCUT2D eigenvalue weighted by atomic mass is 10.00. The number of amides is 1. The van der Waals surface area contributed by atoms with Gasteiger partial charge in [0.15, 0.2) is 0 Å².